The van der Waals surface area contributed by atoms with Gasteiger partial charge in [-0.2, -0.15) is 5.10 Å². The maximum absolute atomic E-state index is 14.0. The molecule has 4 heterocycles. The van der Waals surface area contributed by atoms with Gasteiger partial charge in [-0.1, -0.05) is 0 Å². The number of aromatic nitrogens is 5. The summed E-state index contributed by atoms with van der Waals surface area (Å²) < 4.78 is 20.1. The number of nitrogens with zero attached hydrogens (tertiary/aromatic N) is 4. The van der Waals surface area contributed by atoms with Crippen molar-refractivity contribution in [2.45, 2.75) is 50.5 Å². The van der Waals surface area contributed by atoms with Gasteiger partial charge in [0.15, 0.2) is 17.2 Å². The molecule has 184 valence electrons. The van der Waals surface area contributed by atoms with Crippen LogP contribution in [-0.4, -0.2) is 42.3 Å². The Labute approximate surface area is 205 Å². The second-order valence-corrected chi connectivity index (χ2v) is 10.3. The van der Waals surface area contributed by atoms with E-state index in [1.807, 2.05) is 12.1 Å². The van der Waals surface area contributed by atoms with Crippen molar-refractivity contribution < 1.29 is 18.7 Å². The highest BCUT2D eigenvalue weighted by Gasteiger charge is 2.47. The number of fused-ring (bicyclic) bond motifs is 4. The van der Waals surface area contributed by atoms with E-state index in [1.54, 1.807) is 6.07 Å². The number of pyridine rings is 1. The third kappa shape index (κ3) is 3.63. The first-order chi connectivity index (χ1) is 17.5. The van der Waals surface area contributed by atoms with E-state index >= 15 is 0 Å². The van der Waals surface area contributed by atoms with Crippen LogP contribution in [0.15, 0.2) is 34.9 Å². The molecule has 4 aromatic rings. The zero-order chi connectivity index (χ0) is 24.4. The Kier molecular flexibility index (Phi) is 4.83. The summed E-state index contributed by atoms with van der Waals surface area (Å²) in [6.45, 7) is 0. The Morgan fingerprint density at radius 2 is 1.89 bits per heavy atom. The number of carbonyl (C=O) groups is 1. The molecular weight excluding hydrogens is 463 g/mol. The molecule has 4 aromatic heterocycles. The summed E-state index contributed by atoms with van der Waals surface area (Å²) in [6, 6.07) is 6.81. The Bertz CT molecular complexity index is 1470. The van der Waals surface area contributed by atoms with Gasteiger partial charge in [0.25, 0.3) is 0 Å². The molecular formula is C26H25FN6O3. The minimum atomic E-state index is -0.766. The Morgan fingerprint density at radius 3 is 2.67 bits per heavy atom. The second kappa shape index (κ2) is 8.11. The number of H-pyrrole nitrogens is 1. The summed E-state index contributed by atoms with van der Waals surface area (Å²) in [5.41, 5.74) is 1.37. The standard InChI is InChI=1S/C26H25FN6O3/c27-15-9-16-23(32-33-24(16)28-11-15)25-29-17(19-8-7-18(36-19)12-1-2-12)10-20(31-25)30-22-14-5-3-13(4-6-14)21(22)26(34)35/h7-14,21-22H,1-6H2,(H,34,35)(H,28,32,33)(H,29,30,31)/t13?,14?,21-,22-/m0/s1. The third-order valence-corrected chi connectivity index (χ3v) is 8.00. The molecule has 0 aliphatic heterocycles. The Balaban J connectivity index is 1.32. The fraction of sp³-hybridized carbons (Fsp3) is 0.423. The van der Waals surface area contributed by atoms with Crippen LogP contribution in [0.25, 0.3) is 34.0 Å². The number of anilines is 1. The molecule has 0 aromatic carbocycles. The Hall–Kier alpha value is -3.82. The molecule has 2 bridgehead atoms. The van der Waals surface area contributed by atoms with E-state index in [9.17, 15) is 14.3 Å². The van der Waals surface area contributed by atoms with E-state index < -0.39 is 17.7 Å². The summed E-state index contributed by atoms with van der Waals surface area (Å²) in [5.74, 6) is 1.55. The number of aliphatic carboxylic acids is 1. The van der Waals surface area contributed by atoms with E-state index in [0.29, 0.717) is 45.7 Å². The lowest BCUT2D eigenvalue weighted by atomic mass is 9.61. The van der Waals surface area contributed by atoms with Crippen LogP contribution in [0, 0.1) is 23.6 Å². The van der Waals surface area contributed by atoms with Crippen LogP contribution in [0.3, 0.4) is 0 Å². The number of furan rings is 1. The normalized spacial score (nSPS) is 25.4. The number of aromatic amines is 1. The summed E-state index contributed by atoms with van der Waals surface area (Å²) in [7, 11) is 0. The summed E-state index contributed by atoms with van der Waals surface area (Å²) >= 11 is 0. The lowest BCUT2D eigenvalue weighted by Gasteiger charge is -2.47. The summed E-state index contributed by atoms with van der Waals surface area (Å²) in [4.78, 5) is 25.7. The molecule has 4 fully saturated rings. The molecule has 4 aliphatic rings. The van der Waals surface area contributed by atoms with Crippen molar-refractivity contribution in [2.75, 3.05) is 5.32 Å². The van der Waals surface area contributed by atoms with Gasteiger partial charge in [0.05, 0.1) is 17.5 Å². The van der Waals surface area contributed by atoms with Crippen molar-refractivity contribution >= 4 is 22.8 Å². The molecule has 3 N–H and O–H groups in total. The first-order valence-electron chi connectivity index (χ1n) is 12.5. The minimum Gasteiger partial charge on any atom is -0.481 e. The van der Waals surface area contributed by atoms with Crippen LogP contribution >= 0.6 is 0 Å². The number of rotatable bonds is 6. The molecule has 4 aliphatic carbocycles. The second-order valence-electron chi connectivity index (χ2n) is 10.3. The van der Waals surface area contributed by atoms with Crippen molar-refractivity contribution in [3.05, 3.63) is 42.0 Å². The monoisotopic (exact) mass is 488 g/mol. The zero-order valence-electron chi connectivity index (χ0n) is 19.4. The number of hydrogen-bond donors (Lipinski definition) is 3. The quantitative estimate of drug-likeness (QED) is 0.346. The highest BCUT2D eigenvalue weighted by Crippen LogP contribution is 2.47. The number of hydrogen-bond acceptors (Lipinski definition) is 7. The number of halogens is 1. The molecule has 0 saturated heterocycles. The third-order valence-electron chi connectivity index (χ3n) is 8.00. The van der Waals surface area contributed by atoms with Crippen molar-refractivity contribution in [3.63, 3.8) is 0 Å². The van der Waals surface area contributed by atoms with Gasteiger partial charge in [0.2, 0.25) is 0 Å². The van der Waals surface area contributed by atoms with Crippen LogP contribution in [0.2, 0.25) is 0 Å². The zero-order valence-corrected chi connectivity index (χ0v) is 19.4. The predicted octanol–water partition coefficient (Wildman–Crippen LogP) is 4.99. The van der Waals surface area contributed by atoms with Crippen LogP contribution < -0.4 is 5.32 Å². The van der Waals surface area contributed by atoms with E-state index in [-0.39, 0.29) is 17.9 Å². The first-order valence-corrected chi connectivity index (χ1v) is 12.5. The predicted molar refractivity (Wildman–Crippen MR) is 129 cm³/mol. The number of nitrogens with one attached hydrogen (secondary N) is 2. The lowest BCUT2D eigenvalue weighted by Crippen LogP contribution is -2.51. The van der Waals surface area contributed by atoms with Gasteiger partial charge in [-0.25, -0.2) is 19.3 Å². The molecule has 8 rings (SSSR count). The van der Waals surface area contributed by atoms with Gasteiger partial charge in [-0.05, 0) is 68.6 Å². The van der Waals surface area contributed by atoms with Gasteiger partial charge >= 0.3 is 5.97 Å². The van der Waals surface area contributed by atoms with Crippen LogP contribution in [0.4, 0.5) is 10.2 Å². The number of carboxylic acid groups (broad SMARTS) is 1. The van der Waals surface area contributed by atoms with Gasteiger partial charge in [-0.3, -0.25) is 9.89 Å². The molecule has 10 heteroatoms. The lowest BCUT2D eigenvalue weighted by molar-refractivity contribution is -0.148. The molecule has 0 spiro atoms. The SMILES string of the molecule is O=C(O)[C@H]1C2CCC(CC2)[C@@H]1Nc1cc(-c2ccc(C3CC3)o2)nc(-c2[nH]nc3ncc(F)cc23)n1. The highest BCUT2D eigenvalue weighted by atomic mass is 19.1. The average Bonchev–Trinajstić information content (AvgIpc) is 3.46. The molecule has 36 heavy (non-hydrogen) atoms. The smallest absolute Gasteiger partial charge is 0.308 e. The molecule has 2 atom stereocenters. The van der Waals surface area contributed by atoms with Gasteiger partial charge in [0.1, 0.15) is 28.8 Å². The van der Waals surface area contributed by atoms with Crippen LogP contribution in [0.5, 0.6) is 0 Å². The van der Waals surface area contributed by atoms with Gasteiger partial charge < -0.3 is 14.8 Å². The maximum atomic E-state index is 14.0. The van der Waals surface area contributed by atoms with Gasteiger partial charge in [-0.15, -0.1) is 0 Å². The highest BCUT2D eigenvalue weighted by molar-refractivity contribution is 5.89. The molecule has 4 saturated carbocycles. The van der Waals surface area contributed by atoms with Crippen molar-refractivity contribution in [1.82, 2.24) is 25.1 Å². The van der Waals surface area contributed by atoms with E-state index in [4.69, 9.17) is 14.4 Å². The van der Waals surface area contributed by atoms with Crippen molar-refractivity contribution in [3.8, 4) is 23.0 Å². The fourth-order valence-electron chi connectivity index (χ4n) is 6.06. The van der Waals surface area contributed by atoms with E-state index in [0.717, 1.165) is 50.5 Å². The molecule has 9 nitrogen and oxygen atoms in total. The number of carboxylic acids is 1. The van der Waals surface area contributed by atoms with E-state index in [2.05, 4.69) is 20.5 Å². The fourth-order valence-corrected chi connectivity index (χ4v) is 6.06. The summed E-state index contributed by atoms with van der Waals surface area (Å²) in [6.07, 6.45) is 7.28. The van der Waals surface area contributed by atoms with Crippen LogP contribution in [0.1, 0.15) is 50.2 Å². The first kappa shape index (κ1) is 21.5. The van der Waals surface area contributed by atoms with Crippen molar-refractivity contribution in [1.29, 1.82) is 0 Å². The molecule has 0 radical (unpaired) electrons. The topological polar surface area (TPSA) is 130 Å². The maximum Gasteiger partial charge on any atom is 0.308 e. The minimum absolute atomic E-state index is 0.169. The largest absolute Gasteiger partial charge is 0.481 e. The molecule has 0 unspecified atom stereocenters. The van der Waals surface area contributed by atoms with E-state index in [1.165, 1.54) is 6.07 Å². The van der Waals surface area contributed by atoms with Gasteiger partial charge in [0, 0.05) is 18.0 Å². The summed E-state index contributed by atoms with van der Waals surface area (Å²) in [5, 5.41) is 21.0. The Morgan fingerprint density at radius 1 is 1.08 bits per heavy atom. The molecule has 0 amide bonds. The van der Waals surface area contributed by atoms with Crippen LogP contribution in [-0.2, 0) is 4.79 Å². The van der Waals surface area contributed by atoms with Crippen molar-refractivity contribution in [2.24, 2.45) is 17.8 Å². The average molecular weight is 489 g/mol.